The van der Waals surface area contributed by atoms with E-state index in [1.165, 1.54) is 4.74 Å². The van der Waals surface area contributed by atoms with E-state index in [4.69, 9.17) is 4.52 Å². The van der Waals surface area contributed by atoms with E-state index in [0.717, 1.165) is 12.8 Å². The molecule has 3 rings (SSSR count). The number of halogens is 4. The van der Waals surface area contributed by atoms with Crippen LogP contribution in [0.1, 0.15) is 55.3 Å². The maximum absolute atomic E-state index is 13.9. The van der Waals surface area contributed by atoms with Gasteiger partial charge in [0, 0.05) is 11.5 Å². The second-order valence-corrected chi connectivity index (χ2v) is 7.82. The monoisotopic (exact) mass is 384 g/mol. The molecule has 4 nitrogen and oxygen atoms in total. The summed E-state index contributed by atoms with van der Waals surface area (Å²) in [5, 5.41) is 0. The van der Waals surface area contributed by atoms with E-state index < -0.39 is 29.0 Å². The highest BCUT2D eigenvalue weighted by Crippen LogP contribution is 2.32. The molecule has 1 saturated carbocycles. The Kier molecular flexibility index (Phi) is 4.78. The Bertz CT molecular complexity index is 928. The van der Waals surface area contributed by atoms with Crippen LogP contribution in [-0.4, -0.2) is 10.6 Å². The Balaban J connectivity index is 2.03. The number of carbonyl (C=O) groups is 1. The summed E-state index contributed by atoms with van der Waals surface area (Å²) >= 11 is 0. The maximum atomic E-state index is 13.9. The molecule has 1 aliphatic rings. The third-order valence-corrected chi connectivity index (χ3v) is 4.32. The van der Waals surface area contributed by atoms with Gasteiger partial charge in [0.1, 0.15) is 11.6 Å². The lowest BCUT2D eigenvalue weighted by Crippen LogP contribution is -2.19. The number of alkyl halides is 3. The number of nitrogens with zero attached hydrogens (tertiary/aromatic N) is 2. The second-order valence-electron chi connectivity index (χ2n) is 7.82. The van der Waals surface area contributed by atoms with E-state index in [1.54, 1.807) is 6.07 Å². The number of rotatable bonds is 3. The molecule has 1 heterocycles. The summed E-state index contributed by atoms with van der Waals surface area (Å²) in [6.07, 6.45) is -2.61. The molecular weight excluding hydrogens is 364 g/mol. The van der Waals surface area contributed by atoms with E-state index in [2.05, 4.69) is 4.99 Å². The standard InChI is InChI=1S/C19H20F4N2O2/c1-18(2,3)15-9-16(25(27-15)10-11-4-5-11)24-17(26)13-8-12(19(21,22)23)6-7-14(13)20/h6-9,11H,4-5,10H2,1-3H3. The molecule has 0 spiro atoms. The summed E-state index contributed by atoms with van der Waals surface area (Å²) in [5.41, 5.74) is -1.99. The summed E-state index contributed by atoms with van der Waals surface area (Å²) < 4.78 is 59.7. The summed E-state index contributed by atoms with van der Waals surface area (Å²) in [4.78, 5) is 16.2. The van der Waals surface area contributed by atoms with Gasteiger partial charge in [-0.1, -0.05) is 20.8 Å². The number of hydrogen-bond donors (Lipinski definition) is 0. The fourth-order valence-electron chi connectivity index (χ4n) is 2.52. The van der Waals surface area contributed by atoms with Crippen LogP contribution in [-0.2, 0) is 18.1 Å². The Morgan fingerprint density at radius 2 is 1.89 bits per heavy atom. The van der Waals surface area contributed by atoms with E-state index in [1.807, 2.05) is 20.8 Å². The number of amides is 1. The molecule has 1 aliphatic carbocycles. The molecule has 1 aromatic heterocycles. The molecule has 1 aromatic carbocycles. The Labute approximate surface area is 153 Å². The molecule has 0 saturated heterocycles. The Hall–Kier alpha value is -2.38. The van der Waals surface area contributed by atoms with Gasteiger partial charge in [0.15, 0.2) is 5.49 Å². The first-order chi connectivity index (χ1) is 12.4. The molecule has 1 amide bonds. The predicted octanol–water partition coefficient (Wildman–Crippen LogP) is 4.69. The zero-order valence-electron chi connectivity index (χ0n) is 15.2. The van der Waals surface area contributed by atoms with Crippen LogP contribution in [0, 0.1) is 11.7 Å². The van der Waals surface area contributed by atoms with Gasteiger partial charge in [-0.3, -0.25) is 4.79 Å². The van der Waals surface area contributed by atoms with Gasteiger partial charge in [0.05, 0.1) is 17.7 Å². The van der Waals surface area contributed by atoms with Crippen molar-refractivity contribution in [3.63, 3.8) is 0 Å². The predicted molar refractivity (Wildman–Crippen MR) is 89.4 cm³/mol. The highest BCUT2D eigenvalue weighted by molar-refractivity contribution is 5.95. The lowest BCUT2D eigenvalue weighted by atomic mass is 9.94. The number of aromatic nitrogens is 1. The quantitative estimate of drug-likeness (QED) is 0.721. The maximum Gasteiger partial charge on any atom is 0.416 e. The van der Waals surface area contributed by atoms with Crippen LogP contribution in [0.25, 0.3) is 0 Å². The lowest BCUT2D eigenvalue weighted by Gasteiger charge is -2.13. The minimum atomic E-state index is -4.68. The van der Waals surface area contributed by atoms with Gasteiger partial charge in [0.2, 0.25) is 0 Å². The van der Waals surface area contributed by atoms with E-state index in [9.17, 15) is 22.4 Å². The highest BCUT2D eigenvalue weighted by atomic mass is 19.4. The lowest BCUT2D eigenvalue weighted by molar-refractivity contribution is -0.137. The van der Waals surface area contributed by atoms with Crippen molar-refractivity contribution in [2.75, 3.05) is 0 Å². The smallest absolute Gasteiger partial charge is 0.382 e. The summed E-state index contributed by atoms with van der Waals surface area (Å²) in [6.45, 7) is 6.29. The van der Waals surface area contributed by atoms with Crippen LogP contribution >= 0.6 is 0 Å². The summed E-state index contributed by atoms with van der Waals surface area (Å²) in [7, 11) is 0. The van der Waals surface area contributed by atoms with E-state index in [0.29, 0.717) is 36.4 Å². The SMILES string of the molecule is CC(C)(C)c1cc(=NC(=O)c2cc(C(F)(F)F)ccc2F)n(CC2CC2)o1. The molecule has 0 bridgehead atoms. The molecule has 27 heavy (non-hydrogen) atoms. The first-order valence-corrected chi connectivity index (χ1v) is 8.62. The van der Waals surface area contributed by atoms with Crippen LogP contribution in [0.4, 0.5) is 17.6 Å². The van der Waals surface area contributed by atoms with Crippen LogP contribution in [0.2, 0.25) is 0 Å². The highest BCUT2D eigenvalue weighted by Gasteiger charge is 2.32. The largest absolute Gasteiger partial charge is 0.416 e. The topological polar surface area (TPSA) is 47.5 Å². The fourth-order valence-corrected chi connectivity index (χ4v) is 2.52. The van der Waals surface area contributed by atoms with Crippen molar-refractivity contribution in [1.82, 2.24) is 4.74 Å². The van der Waals surface area contributed by atoms with Crippen molar-refractivity contribution in [3.05, 3.63) is 52.5 Å². The van der Waals surface area contributed by atoms with Crippen LogP contribution in [0.15, 0.2) is 33.8 Å². The van der Waals surface area contributed by atoms with Gasteiger partial charge < -0.3 is 4.52 Å². The third-order valence-electron chi connectivity index (χ3n) is 4.32. The van der Waals surface area contributed by atoms with Gasteiger partial charge in [-0.15, -0.1) is 0 Å². The van der Waals surface area contributed by atoms with Crippen LogP contribution in [0.3, 0.4) is 0 Å². The average molecular weight is 384 g/mol. The first kappa shape index (κ1) is 19.4. The molecular formula is C19H20F4N2O2. The first-order valence-electron chi connectivity index (χ1n) is 8.62. The number of benzene rings is 1. The van der Waals surface area contributed by atoms with Crippen molar-refractivity contribution >= 4 is 5.91 Å². The number of carbonyl (C=O) groups excluding carboxylic acids is 1. The Morgan fingerprint density at radius 3 is 2.44 bits per heavy atom. The van der Waals surface area contributed by atoms with Crippen LogP contribution in [0.5, 0.6) is 0 Å². The van der Waals surface area contributed by atoms with Gasteiger partial charge in [0.25, 0.3) is 5.91 Å². The fraction of sp³-hybridized carbons (Fsp3) is 0.474. The van der Waals surface area contributed by atoms with Gasteiger partial charge in [-0.05, 0) is 37.0 Å². The zero-order chi connectivity index (χ0) is 20.0. The van der Waals surface area contributed by atoms with Crippen molar-refractivity contribution in [2.24, 2.45) is 10.9 Å². The Morgan fingerprint density at radius 1 is 1.22 bits per heavy atom. The third kappa shape index (κ3) is 4.48. The minimum Gasteiger partial charge on any atom is -0.382 e. The molecule has 0 radical (unpaired) electrons. The molecule has 0 N–H and O–H groups in total. The number of hydrogen-bond acceptors (Lipinski definition) is 2. The van der Waals surface area contributed by atoms with Crippen molar-refractivity contribution in [1.29, 1.82) is 0 Å². The zero-order valence-corrected chi connectivity index (χ0v) is 15.2. The molecule has 0 aliphatic heterocycles. The normalized spacial score (nSPS) is 16.0. The van der Waals surface area contributed by atoms with Gasteiger partial charge in [-0.25, -0.2) is 4.39 Å². The second kappa shape index (κ2) is 6.65. The van der Waals surface area contributed by atoms with Gasteiger partial charge >= 0.3 is 6.18 Å². The summed E-state index contributed by atoms with van der Waals surface area (Å²) in [6, 6.07) is 3.28. The minimum absolute atomic E-state index is 0.175. The molecule has 2 aromatic rings. The molecule has 1 fully saturated rings. The average Bonchev–Trinajstić information content (AvgIpc) is 3.26. The molecule has 8 heteroatoms. The van der Waals surface area contributed by atoms with Gasteiger partial charge in [-0.2, -0.15) is 22.9 Å². The molecule has 146 valence electrons. The molecule has 0 unspecified atom stereocenters. The van der Waals surface area contributed by atoms with E-state index >= 15 is 0 Å². The van der Waals surface area contributed by atoms with Crippen molar-refractivity contribution in [2.45, 2.75) is 51.7 Å². The van der Waals surface area contributed by atoms with Crippen molar-refractivity contribution in [3.8, 4) is 0 Å². The summed E-state index contributed by atoms with van der Waals surface area (Å²) in [5.74, 6) is -1.13. The van der Waals surface area contributed by atoms with Crippen LogP contribution < -0.4 is 5.49 Å². The van der Waals surface area contributed by atoms with E-state index in [-0.39, 0.29) is 10.9 Å². The van der Waals surface area contributed by atoms with Crippen molar-refractivity contribution < 1.29 is 26.9 Å². The molecule has 0 atom stereocenters.